The molecule has 4 nitrogen and oxygen atoms in total. The maximum atomic E-state index is 12.9. The second-order valence-corrected chi connectivity index (χ2v) is 6.18. The monoisotopic (exact) mass is 271 g/mol. The van der Waals surface area contributed by atoms with Gasteiger partial charge in [0.15, 0.2) is 0 Å². The summed E-state index contributed by atoms with van der Waals surface area (Å²) in [6.07, 6.45) is 4.66. The SMILES string of the molecule is O=c1n(CC2CC2)c2ccccc2n1C1CCNCC1. The molecule has 0 atom stereocenters. The quantitative estimate of drug-likeness (QED) is 0.929. The Hall–Kier alpha value is -1.55. The molecule has 2 heterocycles. The Balaban J connectivity index is 1.85. The summed E-state index contributed by atoms with van der Waals surface area (Å²) in [6, 6.07) is 8.63. The Bertz CT molecular complexity index is 675. The fraction of sp³-hybridized carbons (Fsp3) is 0.562. The minimum atomic E-state index is 0.199. The first kappa shape index (κ1) is 12.2. The van der Waals surface area contributed by atoms with Crippen molar-refractivity contribution in [1.29, 1.82) is 0 Å². The van der Waals surface area contributed by atoms with Crippen molar-refractivity contribution in [2.24, 2.45) is 5.92 Å². The van der Waals surface area contributed by atoms with Gasteiger partial charge in [0.05, 0.1) is 11.0 Å². The predicted octanol–water partition coefficient (Wildman–Crippen LogP) is 2.14. The number of hydrogen-bond donors (Lipinski definition) is 1. The summed E-state index contributed by atoms with van der Waals surface area (Å²) in [4.78, 5) is 12.9. The minimum Gasteiger partial charge on any atom is -0.317 e. The fourth-order valence-corrected chi connectivity index (χ4v) is 3.39. The standard InChI is InChI=1S/C16H21N3O/c20-16-18(11-12-5-6-12)14-3-1-2-4-15(14)19(16)13-7-9-17-10-8-13/h1-4,12-13,17H,5-11H2. The number of fused-ring (bicyclic) bond motifs is 1. The highest BCUT2D eigenvalue weighted by molar-refractivity contribution is 5.76. The van der Waals surface area contributed by atoms with Crippen molar-refractivity contribution in [3.05, 3.63) is 34.7 Å². The van der Waals surface area contributed by atoms with Crippen molar-refractivity contribution < 1.29 is 0 Å². The van der Waals surface area contributed by atoms with Gasteiger partial charge in [-0.25, -0.2) is 4.79 Å². The van der Waals surface area contributed by atoms with Crippen molar-refractivity contribution in [2.75, 3.05) is 13.1 Å². The molecular formula is C16H21N3O. The van der Waals surface area contributed by atoms with Gasteiger partial charge < -0.3 is 5.32 Å². The molecule has 0 spiro atoms. The minimum absolute atomic E-state index is 0.199. The molecule has 4 heteroatoms. The second-order valence-electron chi connectivity index (χ2n) is 6.18. The third-order valence-electron chi connectivity index (χ3n) is 4.68. The summed E-state index contributed by atoms with van der Waals surface area (Å²) in [5.74, 6) is 0.722. The molecule has 106 valence electrons. The van der Waals surface area contributed by atoms with E-state index >= 15 is 0 Å². The van der Waals surface area contributed by atoms with Crippen molar-refractivity contribution >= 4 is 11.0 Å². The van der Waals surface area contributed by atoms with Crippen molar-refractivity contribution in [3.63, 3.8) is 0 Å². The van der Waals surface area contributed by atoms with E-state index in [1.165, 1.54) is 12.8 Å². The lowest BCUT2D eigenvalue weighted by atomic mass is 10.1. The lowest BCUT2D eigenvalue weighted by Gasteiger charge is -2.23. The van der Waals surface area contributed by atoms with Crippen LogP contribution in [0, 0.1) is 5.92 Å². The largest absolute Gasteiger partial charge is 0.329 e. The van der Waals surface area contributed by atoms with Gasteiger partial charge in [0.25, 0.3) is 0 Å². The molecule has 1 aliphatic carbocycles. The Morgan fingerprint density at radius 1 is 1.05 bits per heavy atom. The number of nitrogens with one attached hydrogen (secondary N) is 1. The average Bonchev–Trinajstić information content (AvgIpc) is 3.26. The van der Waals surface area contributed by atoms with Crippen molar-refractivity contribution in [2.45, 2.75) is 38.3 Å². The molecule has 1 saturated heterocycles. The lowest BCUT2D eigenvalue weighted by molar-refractivity contribution is 0.363. The number of nitrogens with zero attached hydrogens (tertiary/aromatic N) is 2. The second kappa shape index (κ2) is 4.77. The molecule has 4 rings (SSSR count). The number of benzene rings is 1. The van der Waals surface area contributed by atoms with Gasteiger partial charge in [-0.05, 0) is 56.8 Å². The number of imidazole rings is 1. The van der Waals surface area contributed by atoms with E-state index < -0.39 is 0 Å². The van der Waals surface area contributed by atoms with Gasteiger partial charge in [0.2, 0.25) is 0 Å². The van der Waals surface area contributed by atoms with Gasteiger partial charge in [-0.15, -0.1) is 0 Å². The Kier molecular flexibility index (Phi) is 2.91. The molecule has 20 heavy (non-hydrogen) atoms. The smallest absolute Gasteiger partial charge is 0.317 e. The van der Waals surface area contributed by atoms with Crippen LogP contribution < -0.4 is 11.0 Å². The van der Waals surface area contributed by atoms with Crippen LogP contribution in [0.1, 0.15) is 31.7 Å². The molecule has 1 saturated carbocycles. The third-order valence-corrected chi connectivity index (χ3v) is 4.68. The first-order valence-electron chi connectivity index (χ1n) is 7.75. The molecule has 0 bridgehead atoms. The van der Waals surface area contributed by atoms with E-state index in [1.54, 1.807) is 0 Å². The fourth-order valence-electron chi connectivity index (χ4n) is 3.39. The summed E-state index contributed by atoms with van der Waals surface area (Å²) < 4.78 is 4.06. The summed E-state index contributed by atoms with van der Waals surface area (Å²) in [6.45, 7) is 2.93. The summed E-state index contributed by atoms with van der Waals surface area (Å²) in [5.41, 5.74) is 2.43. The summed E-state index contributed by atoms with van der Waals surface area (Å²) in [5, 5.41) is 3.38. The van der Waals surface area contributed by atoms with E-state index in [0.29, 0.717) is 6.04 Å². The maximum Gasteiger partial charge on any atom is 0.329 e. The zero-order valence-corrected chi connectivity index (χ0v) is 11.7. The molecule has 0 radical (unpaired) electrons. The van der Waals surface area contributed by atoms with Crippen LogP contribution in [0.2, 0.25) is 0 Å². The van der Waals surface area contributed by atoms with Crippen molar-refractivity contribution in [3.8, 4) is 0 Å². The number of para-hydroxylation sites is 2. The average molecular weight is 271 g/mol. The lowest BCUT2D eigenvalue weighted by Crippen LogP contribution is -2.35. The molecule has 2 fully saturated rings. The Morgan fingerprint density at radius 2 is 1.75 bits per heavy atom. The van der Waals surface area contributed by atoms with Gasteiger partial charge in [-0.3, -0.25) is 9.13 Å². The zero-order chi connectivity index (χ0) is 13.5. The van der Waals surface area contributed by atoms with Crippen LogP contribution >= 0.6 is 0 Å². The molecule has 1 aromatic carbocycles. The van der Waals surface area contributed by atoms with Gasteiger partial charge >= 0.3 is 5.69 Å². The molecule has 2 aliphatic rings. The molecule has 0 amide bonds. The van der Waals surface area contributed by atoms with E-state index in [1.807, 2.05) is 16.7 Å². The van der Waals surface area contributed by atoms with E-state index in [4.69, 9.17) is 0 Å². The van der Waals surface area contributed by atoms with E-state index in [2.05, 4.69) is 22.0 Å². The molecule has 1 aromatic heterocycles. The first-order valence-corrected chi connectivity index (χ1v) is 7.75. The van der Waals surface area contributed by atoms with E-state index in [9.17, 15) is 4.79 Å². The van der Waals surface area contributed by atoms with Crippen LogP contribution in [0.3, 0.4) is 0 Å². The van der Waals surface area contributed by atoms with Crippen LogP contribution in [0.15, 0.2) is 29.1 Å². The number of hydrogen-bond acceptors (Lipinski definition) is 2. The highest BCUT2D eigenvalue weighted by Crippen LogP contribution is 2.32. The van der Waals surface area contributed by atoms with Gasteiger partial charge in [-0.1, -0.05) is 12.1 Å². The van der Waals surface area contributed by atoms with E-state index in [-0.39, 0.29) is 5.69 Å². The van der Waals surface area contributed by atoms with Crippen LogP contribution in [0.4, 0.5) is 0 Å². The van der Waals surface area contributed by atoms with Gasteiger partial charge in [0.1, 0.15) is 0 Å². The first-order chi connectivity index (χ1) is 9.84. The molecule has 2 aromatic rings. The topological polar surface area (TPSA) is 39.0 Å². The van der Waals surface area contributed by atoms with Crippen molar-refractivity contribution in [1.82, 2.24) is 14.5 Å². The number of aromatic nitrogens is 2. The van der Waals surface area contributed by atoms with Crippen LogP contribution in [0.25, 0.3) is 11.0 Å². The van der Waals surface area contributed by atoms with Gasteiger partial charge in [0, 0.05) is 12.6 Å². The predicted molar refractivity (Wildman–Crippen MR) is 80.1 cm³/mol. The van der Waals surface area contributed by atoms with Gasteiger partial charge in [-0.2, -0.15) is 0 Å². The van der Waals surface area contributed by atoms with Crippen LogP contribution in [-0.4, -0.2) is 22.2 Å². The molecule has 0 unspecified atom stereocenters. The summed E-state index contributed by atoms with van der Waals surface area (Å²) >= 11 is 0. The number of rotatable bonds is 3. The molecule has 1 N–H and O–H groups in total. The molecular weight excluding hydrogens is 250 g/mol. The Morgan fingerprint density at radius 3 is 2.45 bits per heavy atom. The normalized spacial score (nSPS) is 20.6. The number of piperidine rings is 1. The maximum absolute atomic E-state index is 12.9. The summed E-state index contributed by atoms with van der Waals surface area (Å²) in [7, 11) is 0. The highest BCUT2D eigenvalue weighted by atomic mass is 16.1. The Labute approximate surface area is 118 Å². The van der Waals surface area contributed by atoms with Crippen LogP contribution in [0.5, 0.6) is 0 Å². The third kappa shape index (κ3) is 1.99. The van der Waals surface area contributed by atoms with Crippen LogP contribution in [-0.2, 0) is 6.54 Å². The zero-order valence-electron chi connectivity index (χ0n) is 11.7. The molecule has 1 aliphatic heterocycles. The highest BCUT2D eigenvalue weighted by Gasteiger charge is 2.26. The van der Waals surface area contributed by atoms with E-state index in [0.717, 1.165) is 49.4 Å².